The average Bonchev–Trinajstić information content (AvgIpc) is 3.05. The summed E-state index contributed by atoms with van der Waals surface area (Å²) >= 11 is 0. The predicted molar refractivity (Wildman–Crippen MR) is 81.0 cm³/mol. The SMILES string of the molecule is CC(=O)OC(c1ccccc1)C1(c2ccccc2)OCCO1. The van der Waals surface area contributed by atoms with Crippen molar-refractivity contribution >= 4 is 5.97 Å². The highest BCUT2D eigenvalue weighted by Gasteiger charge is 2.49. The van der Waals surface area contributed by atoms with Gasteiger partial charge in [-0.2, -0.15) is 0 Å². The van der Waals surface area contributed by atoms with Gasteiger partial charge >= 0.3 is 5.97 Å². The van der Waals surface area contributed by atoms with Crippen LogP contribution in [-0.4, -0.2) is 19.2 Å². The third-order valence-electron chi connectivity index (χ3n) is 3.62. The minimum Gasteiger partial charge on any atom is -0.451 e. The molecule has 0 amide bonds. The van der Waals surface area contributed by atoms with E-state index in [0.29, 0.717) is 13.2 Å². The topological polar surface area (TPSA) is 44.8 Å². The number of esters is 1. The molecule has 0 spiro atoms. The second-order valence-electron chi connectivity index (χ2n) is 5.13. The molecule has 114 valence electrons. The van der Waals surface area contributed by atoms with Crippen molar-refractivity contribution in [3.8, 4) is 0 Å². The van der Waals surface area contributed by atoms with Crippen molar-refractivity contribution in [2.24, 2.45) is 0 Å². The fourth-order valence-electron chi connectivity index (χ4n) is 2.73. The lowest BCUT2D eigenvalue weighted by Crippen LogP contribution is -2.37. The van der Waals surface area contributed by atoms with Crippen LogP contribution in [0.25, 0.3) is 0 Å². The van der Waals surface area contributed by atoms with Crippen LogP contribution < -0.4 is 0 Å². The van der Waals surface area contributed by atoms with E-state index in [9.17, 15) is 4.79 Å². The van der Waals surface area contributed by atoms with Gasteiger partial charge in [0.05, 0.1) is 13.2 Å². The Morgan fingerprint density at radius 3 is 2.09 bits per heavy atom. The number of carbonyl (C=O) groups excluding carboxylic acids is 1. The molecule has 0 saturated carbocycles. The van der Waals surface area contributed by atoms with Gasteiger partial charge in [0.15, 0.2) is 6.10 Å². The lowest BCUT2D eigenvalue weighted by atomic mass is 9.94. The van der Waals surface area contributed by atoms with Crippen molar-refractivity contribution in [3.05, 3.63) is 71.8 Å². The standard InChI is InChI=1S/C18H18O4/c1-14(19)22-17(15-8-4-2-5-9-15)18(20-12-13-21-18)16-10-6-3-7-11-16/h2-11,17H,12-13H2,1H3. The Bertz CT molecular complexity index is 618. The molecule has 1 aliphatic rings. The van der Waals surface area contributed by atoms with Gasteiger partial charge in [0.1, 0.15) is 0 Å². The van der Waals surface area contributed by atoms with Crippen LogP contribution in [0.2, 0.25) is 0 Å². The fourth-order valence-corrected chi connectivity index (χ4v) is 2.73. The lowest BCUT2D eigenvalue weighted by molar-refractivity contribution is -0.242. The maximum absolute atomic E-state index is 11.6. The van der Waals surface area contributed by atoms with Crippen LogP contribution in [0.4, 0.5) is 0 Å². The number of ether oxygens (including phenoxy) is 3. The number of hydrogen-bond acceptors (Lipinski definition) is 4. The summed E-state index contributed by atoms with van der Waals surface area (Å²) in [6.45, 7) is 2.31. The minimum atomic E-state index is -1.10. The van der Waals surface area contributed by atoms with E-state index in [1.54, 1.807) is 0 Å². The molecule has 4 heteroatoms. The Balaban J connectivity index is 2.08. The first-order valence-corrected chi connectivity index (χ1v) is 7.28. The van der Waals surface area contributed by atoms with Gasteiger partial charge in [-0.25, -0.2) is 0 Å². The van der Waals surface area contributed by atoms with Crippen LogP contribution in [0.3, 0.4) is 0 Å². The molecule has 3 rings (SSSR count). The number of carbonyl (C=O) groups is 1. The second-order valence-corrected chi connectivity index (χ2v) is 5.13. The summed E-state index contributed by atoms with van der Waals surface area (Å²) in [7, 11) is 0. The lowest BCUT2D eigenvalue weighted by Gasteiger charge is -2.35. The molecule has 0 aromatic heterocycles. The normalized spacial score (nSPS) is 17.9. The first kappa shape index (κ1) is 14.8. The second kappa shape index (κ2) is 6.30. The van der Waals surface area contributed by atoms with Crippen LogP contribution in [0.1, 0.15) is 24.2 Å². The molecule has 1 aliphatic heterocycles. The average molecular weight is 298 g/mol. The molecular formula is C18H18O4. The van der Waals surface area contributed by atoms with Crippen molar-refractivity contribution in [2.45, 2.75) is 18.8 Å². The highest BCUT2D eigenvalue weighted by atomic mass is 16.8. The Morgan fingerprint density at radius 2 is 1.55 bits per heavy atom. The van der Waals surface area contributed by atoms with Gasteiger partial charge in [-0.05, 0) is 5.56 Å². The summed E-state index contributed by atoms with van der Waals surface area (Å²) in [5.74, 6) is -1.47. The Morgan fingerprint density at radius 1 is 1.00 bits per heavy atom. The van der Waals surface area contributed by atoms with E-state index in [0.717, 1.165) is 11.1 Å². The van der Waals surface area contributed by atoms with E-state index in [4.69, 9.17) is 14.2 Å². The number of benzene rings is 2. The Kier molecular flexibility index (Phi) is 4.22. The van der Waals surface area contributed by atoms with Gasteiger partial charge in [-0.15, -0.1) is 0 Å². The van der Waals surface area contributed by atoms with Gasteiger partial charge in [0.25, 0.3) is 0 Å². The zero-order valence-electron chi connectivity index (χ0n) is 12.4. The van der Waals surface area contributed by atoms with E-state index >= 15 is 0 Å². The van der Waals surface area contributed by atoms with Crippen LogP contribution in [0.15, 0.2) is 60.7 Å². The molecule has 2 aromatic rings. The third kappa shape index (κ3) is 2.75. The number of rotatable bonds is 4. The van der Waals surface area contributed by atoms with Crippen molar-refractivity contribution in [2.75, 3.05) is 13.2 Å². The van der Waals surface area contributed by atoms with Crippen LogP contribution in [0.5, 0.6) is 0 Å². The molecule has 1 unspecified atom stereocenters. The van der Waals surface area contributed by atoms with E-state index in [-0.39, 0.29) is 5.97 Å². The largest absolute Gasteiger partial charge is 0.451 e. The third-order valence-corrected chi connectivity index (χ3v) is 3.62. The summed E-state index contributed by atoms with van der Waals surface area (Å²) in [6.07, 6.45) is -0.656. The molecule has 0 aliphatic carbocycles. The van der Waals surface area contributed by atoms with Gasteiger partial charge in [0, 0.05) is 12.5 Å². The summed E-state index contributed by atoms with van der Waals surface area (Å²) in [5.41, 5.74) is 1.67. The van der Waals surface area contributed by atoms with E-state index < -0.39 is 11.9 Å². The Labute approximate surface area is 129 Å². The highest BCUT2D eigenvalue weighted by molar-refractivity contribution is 5.66. The molecule has 1 saturated heterocycles. The zero-order chi connectivity index (χ0) is 15.4. The van der Waals surface area contributed by atoms with E-state index in [2.05, 4.69) is 0 Å². The molecule has 0 radical (unpaired) electrons. The van der Waals surface area contributed by atoms with E-state index in [1.807, 2.05) is 60.7 Å². The molecule has 0 bridgehead atoms. The molecule has 1 atom stereocenters. The minimum absolute atomic E-state index is 0.372. The van der Waals surface area contributed by atoms with E-state index in [1.165, 1.54) is 6.92 Å². The van der Waals surface area contributed by atoms with Crippen molar-refractivity contribution in [3.63, 3.8) is 0 Å². The van der Waals surface area contributed by atoms with Crippen LogP contribution in [-0.2, 0) is 24.8 Å². The predicted octanol–water partition coefficient (Wildman–Crippen LogP) is 3.19. The van der Waals surface area contributed by atoms with Gasteiger partial charge in [-0.1, -0.05) is 60.7 Å². The van der Waals surface area contributed by atoms with Crippen molar-refractivity contribution < 1.29 is 19.0 Å². The summed E-state index contributed by atoms with van der Waals surface area (Å²) in [6, 6.07) is 19.1. The van der Waals surface area contributed by atoms with Gasteiger partial charge in [0.2, 0.25) is 5.79 Å². The van der Waals surface area contributed by atoms with Gasteiger partial charge < -0.3 is 14.2 Å². The zero-order valence-corrected chi connectivity index (χ0v) is 12.4. The van der Waals surface area contributed by atoms with Gasteiger partial charge in [-0.3, -0.25) is 4.79 Å². The molecule has 4 nitrogen and oxygen atoms in total. The fraction of sp³-hybridized carbons (Fsp3) is 0.278. The first-order chi connectivity index (χ1) is 10.7. The Hall–Kier alpha value is -2.17. The quantitative estimate of drug-likeness (QED) is 0.813. The summed E-state index contributed by atoms with van der Waals surface area (Å²) < 4.78 is 17.5. The molecule has 2 aromatic carbocycles. The number of hydrogen-bond donors (Lipinski definition) is 0. The first-order valence-electron chi connectivity index (χ1n) is 7.28. The molecular weight excluding hydrogens is 280 g/mol. The maximum Gasteiger partial charge on any atom is 0.303 e. The van der Waals surface area contributed by atoms with Crippen LogP contribution in [0, 0.1) is 0 Å². The maximum atomic E-state index is 11.6. The highest BCUT2D eigenvalue weighted by Crippen LogP contribution is 2.44. The molecule has 0 N–H and O–H groups in total. The molecule has 1 fully saturated rings. The van der Waals surface area contributed by atoms with Crippen molar-refractivity contribution in [1.82, 2.24) is 0 Å². The summed E-state index contributed by atoms with van der Waals surface area (Å²) in [5, 5.41) is 0. The smallest absolute Gasteiger partial charge is 0.303 e. The van der Waals surface area contributed by atoms with Crippen LogP contribution >= 0.6 is 0 Å². The molecule has 1 heterocycles. The van der Waals surface area contributed by atoms with Crippen molar-refractivity contribution in [1.29, 1.82) is 0 Å². The monoisotopic (exact) mass is 298 g/mol. The molecule has 22 heavy (non-hydrogen) atoms. The summed E-state index contributed by atoms with van der Waals surface area (Å²) in [4.78, 5) is 11.6.